The molecule has 2 aromatic heterocycles. The molecule has 9 heteroatoms. The number of carbonyl (C=O) groups excluding carboxylic acids is 1. The molecule has 170 valence electrons. The van der Waals surface area contributed by atoms with E-state index in [1.165, 1.54) is 19.2 Å². The molecule has 0 bridgehead atoms. The molecule has 0 fully saturated rings. The molecule has 0 atom stereocenters. The summed E-state index contributed by atoms with van der Waals surface area (Å²) in [5.74, 6) is 1.54. The average molecular weight is 449 g/mol. The van der Waals surface area contributed by atoms with Crippen LogP contribution in [0.2, 0.25) is 0 Å². The number of anilines is 1. The third-order valence-corrected chi connectivity index (χ3v) is 5.11. The van der Waals surface area contributed by atoms with Crippen molar-refractivity contribution < 1.29 is 18.7 Å². The van der Waals surface area contributed by atoms with Crippen molar-refractivity contribution in [3.8, 4) is 22.9 Å². The minimum absolute atomic E-state index is 0.303. The van der Waals surface area contributed by atoms with Crippen molar-refractivity contribution in [2.75, 3.05) is 26.1 Å². The number of carbonyl (C=O) groups is 1. The van der Waals surface area contributed by atoms with E-state index >= 15 is 0 Å². The Labute approximate surface area is 190 Å². The molecule has 8 nitrogen and oxygen atoms in total. The highest BCUT2D eigenvalue weighted by atomic mass is 19.1. The molecule has 2 N–H and O–H groups in total. The number of fused-ring (bicyclic) bond motifs is 1. The first-order valence-electron chi connectivity index (χ1n) is 10.4. The Morgan fingerprint density at radius 2 is 1.91 bits per heavy atom. The van der Waals surface area contributed by atoms with E-state index in [2.05, 4.69) is 20.6 Å². The van der Waals surface area contributed by atoms with Gasteiger partial charge in [0.15, 0.2) is 5.65 Å². The van der Waals surface area contributed by atoms with E-state index in [0.717, 1.165) is 16.7 Å². The number of urea groups is 1. The number of benzene rings is 2. The number of nitrogens with one attached hydrogen (secondary N) is 2. The van der Waals surface area contributed by atoms with Crippen molar-refractivity contribution >= 4 is 22.9 Å². The zero-order valence-corrected chi connectivity index (χ0v) is 18.3. The van der Waals surface area contributed by atoms with Crippen molar-refractivity contribution in [2.45, 2.75) is 13.0 Å². The second-order valence-corrected chi connectivity index (χ2v) is 7.24. The fourth-order valence-electron chi connectivity index (χ4n) is 3.50. The standard InChI is InChI=1S/C24H24FN5O3/c1-32-18-10-11-19(21(15-18)33-2)29-24(31)27-13-4-14-30-22(16-6-8-17(25)9-7-16)28-20-5-3-12-26-23(20)30/h3,5-12,15H,4,13-14H2,1-2H3,(H2,27,29,31). The highest BCUT2D eigenvalue weighted by molar-refractivity contribution is 5.91. The first-order chi connectivity index (χ1) is 16.1. The van der Waals surface area contributed by atoms with Gasteiger partial charge in [-0.25, -0.2) is 19.2 Å². The maximum Gasteiger partial charge on any atom is 0.319 e. The lowest BCUT2D eigenvalue weighted by atomic mass is 10.2. The SMILES string of the molecule is COc1ccc(NC(=O)NCCCn2c(-c3ccc(F)cc3)nc3cccnc32)c(OC)c1. The van der Waals surface area contributed by atoms with Crippen LogP contribution in [0.4, 0.5) is 14.9 Å². The molecule has 33 heavy (non-hydrogen) atoms. The van der Waals surface area contributed by atoms with Crippen LogP contribution >= 0.6 is 0 Å². The van der Waals surface area contributed by atoms with Crippen LogP contribution in [-0.4, -0.2) is 41.3 Å². The number of imidazole rings is 1. The molecule has 0 radical (unpaired) electrons. The topological polar surface area (TPSA) is 90.3 Å². The quantitative estimate of drug-likeness (QED) is 0.388. The van der Waals surface area contributed by atoms with Crippen LogP contribution in [0.15, 0.2) is 60.8 Å². The molecule has 0 spiro atoms. The van der Waals surface area contributed by atoms with Gasteiger partial charge in [0, 0.05) is 30.9 Å². The molecule has 0 saturated carbocycles. The fourth-order valence-corrected chi connectivity index (χ4v) is 3.50. The zero-order chi connectivity index (χ0) is 23.2. The molecule has 4 rings (SSSR count). The Bertz CT molecular complexity index is 1260. The van der Waals surface area contributed by atoms with Gasteiger partial charge in [-0.3, -0.25) is 0 Å². The highest BCUT2D eigenvalue weighted by Crippen LogP contribution is 2.29. The zero-order valence-electron chi connectivity index (χ0n) is 18.3. The van der Waals surface area contributed by atoms with Crippen molar-refractivity contribution in [3.63, 3.8) is 0 Å². The van der Waals surface area contributed by atoms with Crippen molar-refractivity contribution in [3.05, 3.63) is 66.6 Å². The van der Waals surface area contributed by atoms with Gasteiger partial charge in [-0.05, 0) is 55.0 Å². The number of ether oxygens (including phenoxy) is 2. The predicted molar refractivity (Wildman–Crippen MR) is 124 cm³/mol. The smallest absolute Gasteiger partial charge is 0.319 e. The summed E-state index contributed by atoms with van der Waals surface area (Å²) in [7, 11) is 3.09. The first kappa shape index (κ1) is 22.1. The van der Waals surface area contributed by atoms with E-state index in [0.29, 0.717) is 42.5 Å². The number of methoxy groups -OCH3 is 2. The number of aryl methyl sites for hydroxylation is 1. The normalized spacial score (nSPS) is 10.8. The number of hydrogen-bond acceptors (Lipinski definition) is 5. The average Bonchev–Trinajstić information content (AvgIpc) is 3.21. The van der Waals surface area contributed by atoms with Crippen LogP contribution < -0.4 is 20.1 Å². The molecule has 2 amide bonds. The van der Waals surface area contributed by atoms with E-state index < -0.39 is 0 Å². The summed E-state index contributed by atoms with van der Waals surface area (Å²) in [6.45, 7) is 1.01. The monoisotopic (exact) mass is 449 g/mol. The van der Waals surface area contributed by atoms with Gasteiger partial charge in [0.05, 0.1) is 19.9 Å². The van der Waals surface area contributed by atoms with Crippen LogP contribution in [0.25, 0.3) is 22.6 Å². The van der Waals surface area contributed by atoms with Gasteiger partial charge in [0.1, 0.15) is 28.7 Å². The summed E-state index contributed by atoms with van der Waals surface area (Å²) >= 11 is 0. The van der Waals surface area contributed by atoms with Gasteiger partial charge in [0.2, 0.25) is 0 Å². The van der Waals surface area contributed by atoms with Crippen molar-refractivity contribution in [1.29, 1.82) is 0 Å². The van der Waals surface area contributed by atoms with Gasteiger partial charge >= 0.3 is 6.03 Å². The van der Waals surface area contributed by atoms with Crippen molar-refractivity contribution in [2.24, 2.45) is 0 Å². The van der Waals surface area contributed by atoms with Crippen LogP contribution in [-0.2, 0) is 6.54 Å². The Balaban J connectivity index is 1.41. The molecule has 4 aromatic rings. The minimum Gasteiger partial charge on any atom is -0.497 e. The van der Waals surface area contributed by atoms with Crippen LogP contribution in [0.1, 0.15) is 6.42 Å². The molecule has 0 unspecified atom stereocenters. The summed E-state index contributed by atoms with van der Waals surface area (Å²) in [5.41, 5.74) is 2.84. The Hall–Kier alpha value is -4.14. The maximum atomic E-state index is 13.4. The van der Waals surface area contributed by atoms with Crippen LogP contribution in [0.5, 0.6) is 11.5 Å². The van der Waals surface area contributed by atoms with E-state index in [-0.39, 0.29) is 11.8 Å². The number of nitrogens with zero attached hydrogens (tertiary/aromatic N) is 3. The lowest BCUT2D eigenvalue weighted by molar-refractivity contribution is 0.251. The van der Waals surface area contributed by atoms with Crippen LogP contribution in [0.3, 0.4) is 0 Å². The Kier molecular flexibility index (Phi) is 6.68. The summed E-state index contributed by atoms with van der Waals surface area (Å²) < 4.78 is 25.8. The predicted octanol–water partition coefficient (Wildman–Crippen LogP) is 4.47. The lowest BCUT2D eigenvalue weighted by Gasteiger charge is -2.13. The van der Waals surface area contributed by atoms with Crippen molar-refractivity contribution in [1.82, 2.24) is 19.9 Å². The Morgan fingerprint density at radius 3 is 2.67 bits per heavy atom. The van der Waals surface area contributed by atoms with E-state index in [1.807, 2.05) is 16.7 Å². The summed E-state index contributed by atoms with van der Waals surface area (Å²) in [4.78, 5) is 21.5. The largest absolute Gasteiger partial charge is 0.497 e. The number of pyridine rings is 1. The molecular weight excluding hydrogens is 425 g/mol. The number of amides is 2. The second-order valence-electron chi connectivity index (χ2n) is 7.24. The van der Waals surface area contributed by atoms with Gasteiger partial charge in [-0.2, -0.15) is 0 Å². The molecule has 0 aliphatic carbocycles. The van der Waals surface area contributed by atoms with Crippen LogP contribution in [0, 0.1) is 5.82 Å². The Morgan fingerprint density at radius 1 is 1.09 bits per heavy atom. The number of hydrogen-bond donors (Lipinski definition) is 2. The summed E-state index contributed by atoms with van der Waals surface area (Å²) in [6, 6.07) is 14.7. The van der Waals surface area contributed by atoms with Gasteiger partial charge < -0.3 is 24.7 Å². The van der Waals surface area contributed by atoms with Gasteiger partial charge in [-0.15, -0.1) is 0 Å². The summed E-state index contributed by atoms with van der Waals surface area (Å²) in [6.07, 6.45) is 2.35. The molecular formula is C24H24FN5O3. The third-order valence-electron chi connectivity index (χ3n) is 5.11. The minimum atomic E-state index is -0.342. The lowest BCUT2D eigenvalue weighted by Crippen LogP contribution is -2.30. The molecule has 2 heterocycles. The molecule has 2 aromatic carbocycles. The van der Waals surface area contributed by atoms with E-state index in [9.17, 15) is 9.18 Å². The third kappa shape index (κ3) is 5.03. The maximum absolute atomic E-state index is 13.4. The van der Waals surface area contributed by atoms with Gasteiger partial charge in [0.25, 0.3) is 0 Å². The molecule has 0 aliphatic heterocycles. The number of aromatic nitrogens is 3. The highest BCUT2D eigenvalue weighted by Gasteiger charge is 2.14. The molecule has 0 aliphatic rings. The summed E-state index contributed by atoms with van der Waals surface area (Å²) in [5, 5.41) is 5.63. The van der Waals surface area contributed by atoms with E-state index in [1.54, 1.807) is 43.6 Å². The second kappa shape index (κ2) is 9.99. The van der Waals surface area contributed by atoms with E-state index in [4.69, 9.17) is 9.47 Å². The fraction of sp³-hybridized carbons (Fsp3) is 0.208. The number of rotatable bonds is 8. The van der Waals surface area contributed by atoms with Gasteiger partial charge in [-0.1, -0.05) is 0 Å². The first-order valence-corrected chi connectivity index (χ1v) is 10.4. The molecule has 0 saturated heterocycles. The number of halogens is 1.